The lowest BCUT2D eigenvalue weighted by molar-refractivity contribution is -0.143. The topological polar surface area (TPSA) is 98.9 Å². The van der Waals surface area contributed by atoms with Gasteiger partial charge in [0, 0.05) is 0 Å². The molecule has 1 rings (SSSR count). The molecule has 2 atom stereocenters. The number of esters is 2. The molecule has 0 fully saturated rings. The predicted molar refractivity (Wildman–Crippen MR) is 85.1 cm³/mol. The van der Waals surface area contributed by atoms with E-state index in [0.717, 1.165) is 4.90 Å². The minimum atomic E-state index is -0.937. The fourth-order valence-corrected chi connectivity index (χ4v) is 2.31. The highest BCUT2D eigenvalue weighted by Crippen LogP contribution is 2.27. The number of urea groups is 1. The van der Waals surface area contributed by atoms with Gasteiger partial charge in [-0.1, -0.05) is 32.4 Å². The zero-order valence-corrected chi connectivity index (χ0v) is 13.7. The number of carbonyl (C=O) groups is 3. The van der Waals surface area contributed by atoms with E-state index in [2.05, 4.69) is 0 Å². The van der Waals surface area contributed by atoms with Crippen molar-refractivity contribution in [3.63, 3.8) is 0 Å². The van der Waals surface area contributed by atoms with Crippen LogP contribution in [0.5, 0.6) is 0 Å². The van der Waals surface area contributed by atoms with Gasteiger partial charge in [-0.05, 0) is 18.1 Å². The summed E-state index contributed by atoms with van der Waals surface area (Å²) in [4.78, 5) is 37.3. The quantitative estimate of drug-likeness (QED) is 0.807. The molecule has 2 amide bonds. The van der Waals surface area contributed by atoms with Crippen LogP contribution in [0.15, 0.2) is 24.3 Å². The van der Waals surface area contributed by atoms with Gasteiger partial charge < -0.3 is 15.2 Å². The fourth-order valence-electron chi connectivity index (χ4n) is 2.31. The number of para-hydroxylation sites is 1. The third kappa shape index (κ3) is 4.00. The normalized spacial score (nSPS) is 12.9. The van der Waals surface area contributed by atoms with E-state index in [-0.39, 0.29) is 17.2 Å². The Hall–Kier alpha value is -2.57. The molecule has 7 heteroatoms. The SMILES string of the molecule is CC[C@H](C)[C@@H](C(=O)OC)N(C(N)=O)c1ccccc1C(=O)OC. The number of anilines is 1. The van der Waals surface area contributed by atoms with Crippen molar-refractivity contribution in [2.75, 3.05) is 19.1 Å². The second-order valence-corrected chi connectivity index (χ2v) is 5.07. The molecule has 0 aliphatic carbocycles. The molecule has 126 valence electrons. The van der Waals surface area contributed by atoms with Gasteiger partial charge in [0.2, 0.25) is 0 Å². The molecule has 2 N–H and O–H groups in total. The second kappa shape index (κ2) is 8.17. The highest BCUT2D eigenvalue weighted by Gasteiger charge is 2.36. The Morgan fingerprint density at radius 3 is 2.26 bits per heavy atom. The molecular weight excluding hydrogens is 300 g/mol. The third-order valence-corrected chi connectivity index (χ3v) is 3.71. The number of hydrogen-bond acceptors (Lipinski definition) is 5. The molecule has 0 aliphatic heterocycles. The number of nitrogens with zero attached hydrogens (tertiary/aromatic N) is 1. The molecule has 0 saturated carbocycles. The number of benzene rings is 1. The molecule has 7 nitrogen and oxygen atoms in total. The summed E-state index contributed by atoms with van der Waals surface area (Å²) in [6.07, 6.45) is 0.615. The maximum absolute atomic E-state index is 12.2. The standard InChI is InChI=1S/C16H22N2O5/c1-5-10(2)13(15(20)23-4)18(16(17)21)12-9-7-6-8-11(12)14(19)22-3/h6-10,13H,5H2,1-4H3,(H2,17,21)/t10-,13-/m0/s1. The van der Waals surface area contributed by atoms with E-state index in [1.165, 1.54) is 26.4 Å². The minimum Gasteiger partial charge on any atom is -0.467 e. The molecule has 1 aromatic rings. The molecule has 0 bridgehead atoms. The highest BCUT2D eigenvalue weighted by molar-refractivity contribution is 6.04. The molecule has 1 aromatic carbocycles. The first-order chi connectivity index (χ1) is 10.9. The number of amides is 2. The molecule has 0 radical (unpaired) electrons. The molecular formula is C16H22N2O5. The van der Waals surface area contributed by atoms with Crippen LogP contribution in [0.2, 0.25) is 0 Å². The van der Waals surface area contributed by atoms with Crippen molar-refractivity contribution >= 4 is 23.7 Å². The van der Waals surface area contributed by atoms with Gasteiger partial charge in [0.25, 0.3) is 0 Å². The van der Waals surface area contributed by atoms with Crippen LogP contribution < -0.4 is 10.6 Å². The Bertz CT molecular complexity index is 588. The molecule has 0 aliphatic rings. The van der Waals surface area contributed by atoms with Crippen molar-refractivity contribution < 1.29 is 23.9 Å². The number of ether oxygens (including phenoxy) is 2. The first-order valence-electron chi connectivity index (χ1n) is 7.22. The Balaban J connectivity index is 3.49. The van der Waals surface area contributed by atoms with E-state index < -0.39 is 24.0 Å². The van der Waals surface area contributed by atoms with Crippen LogP contribution in [0.1, 0.15) is 30.6 Å². The summed E-state index contributed by atoms with van der Waals surface area (Å²) < 4.78 is 9.54. The largest absolute Gasteiger partial charge is 0.467 e. The monoisotopic (exact) mass is 322 g/mol. The zero-order chi connectivity index (χ0) is 17.6. The Morgan fingerprint density at radius 1 is 1.17 bits per heavy atom. The summed E-state index contributed by atoms with van der Waals surface area (Å²) in [7, 11) is 2.48. The Kier molecular flexibility index (Phi) is 6.56. The fraction of sp³-hybridized carbons (Fsp3) is 0.438. The van der Waals surface area contributed by atoms with Crippen molar-refractivity contribution in [2.45, 2.75) is 26.3 Å². The zero-order valence-electron chi connectivity index (χ0n) is 13.7. The Labute approximate surface area is 135 Å². The number of hydrogen-bond donors (Lipinski definition) is 1. The first kappa shape index (κ1) is 18.5. The van der Waals surface area contributed by atoms with E-state index in [4.69, 9.17) is 15.2 Å². The summed E-state index contributed by atoms with van der Waals surface area (Å²) in [5, 5.41) is 0. The van der Waals surface area contributed by atoms with Gasteiger partial charge >= 0.3 is 18.0 Å². The molecule has 0 aromatic heterocycles. The van der Waals surface area contributed by atoms with E-state index in [1.807, 2.05) is 6.92 Å². The molecule has 0 spiro atoms. The van der Waals surface area contributed by atoms with E-state index in [0.29, 0.717) is 6.42 Å². The number of primary amides is 1. The van der Waals surface area contributed by atoms with Gasteiger partial charge in [0.15, 0.2) is 0 Å². The van der Waals surface area contributed by atoms with E-state index >= 15 is 0 Å². The van der Waals surface area contributed by atoms with Crippen molar-refractivity contribution in [1.29, 1.82) is 0 Å². The summed E-state index contributed by atoms with van der Waals surface area (Å²) in [6, 6.07) is 4.52. The van der Waals surface area contributed by atoms with Gasteiger partial charge in [-0.25, -0.2) is 14.4 Å². The van der Waals surface area contributed by atoms with Crippen molar-refractivity contribution in [1.82, 2.24) is 0 Å². The van der Waals surface area contributed by atoms with Crippen LogP contribution in [0, 0.1) is 5.92 Å². The summed E-state index contributed by atoms with van der Waals surface area (Å²) >= 11 is 0. The van der Waals surface area contributed by atoms with Gasteiger partial charge in [0.05, 0.1) is 25.5 Å². The smallest absolute Gasteiger partial charge is 0.339 e. The average molecular weight is 322 g/mol. The minimum absolute atomic E-state index is 0.144. The molecule has 23 heavy (non-hydrogen) atoms. The van der Waals surface area contributed by atoms with Crippen LogP contribution >= 0.6 is 0 Å². The third-order valence-electron chi connectivity index (χ3n) is 3.71. The maximum atomic E-state index is 12.2. The van der Waals surface area contributed by atoms with Crippen molar-refractivity contribution in [2.24, 2.45) is 11.7 Å². The van der Waals surface area contributed by atoms with Gasteiger partial charge in [-0.2, -0.15) is 0 Å². The van der Waals surface area contributed by atoms with Gasteiger partial charge in [0.1, 0.15) is 6.04 Å². The van der Waals surface area contributed by atoms with E-state index in [9.17, 15) is 14.4 Å². The second-order valence-electron chi connectivity index (χ2n) is 5.07. The van der Waals surface area contributed by atoms with Gasteiger partial charge in [-0.3, -0.25) is 4.90 Å². The van der Waals surface area contributed by atoms with Crippen LogP contribution in [-0.2, 0) is 14.3 Å². The number of rotatable bonds is 6. The predicted octanol–water partition coefficient (Wildman–Crippen LogP) is 1.95. The first-order valence-corrected chi connectivity index (χ1v) is 7.22. The lowest BCUT2D eigenvalue weighted by Gasteiger charge is -2.32. The lowest BCUT2D eigenvalue weighted by Crippen LogP contribution is -2.52. The Morgan fingerprint density at radius 2 is 1.78 bits per heavy atom. The highest BCUT2D eigenvalue weighted by atomic mass is 16.5. The van der Waals surface area contributed by atoms with E-state index in [1.54, 1.807) is 19.1 Å². The van der Waals surface area contributed by atoms with Crippen molar-refractivity contribution in [3.8, 4) is 0 Å². The number of methoxy groups -OCH3 is 2. The summed E-state index contributed by atoms with van der Waals surface area (Å²) in [5.41, 5.74) is 5.85. The lowest BCUT2D eigenvalue weighted by atomic mass is 9.96. The summed E-state index contributed by atoms with van der Waals surface area (Å²) in [6.45, 7) is 3.68. The van der Waals surface area contributed by atoms with Gasteiger partial charge in [-0.15, -0.1) is 0 Å². The summed E-state index contributed by atoms with van der Waals surface area (Å²) in [5.74, 6) is -1.45. The van der Waals surface area contributed by atoms with Crippen LogP contribution in [0.3, 0.4) is 0 Å². The molecule has 0 unspecified atom stereocenters. The van der Waals surface area contributed by atoms with Crippen LogP contribution in [-0.4, -0.2) is 38.2 Å². The number of nitrogens with two attached hydrogens (primary N) is 1. The average Bonchev–Trinajstić information content (AvgIpc) is 2.57. The van der Waals surface area contributed by atoms with Crippen LogP contribution in [0.25, 0.3) is 0 Å². The molecule has 0 heterocycles. The number of carbonyl (C=O) groups excluding carboxylic acids is 3. The van der Waals surface area contributed by atoms with Crippen LogP contribution in [0.4, 0.5) is 10.5 Å². The van der Waals surface area contributed by atoms with Crippen molar-refractivity contribution in [3.05, 3.63) is 29.8 Å². The maximum Gasteiger partial charge on any atom is 0.339 e. The molecule has 0 saturated heterocycles.